The fourth-order valence-electron chi connectivity index (χ4n) is 4.45. The van der Waals surface area contributed by atoms with Gasteiger partial charge >= 0.3 is 0 Å². The molecule has 2 heteroatoms. The molecule has 1 aliphatic carbocycles. The molecular weight excluding hydrogens is 344 g/mol. The van der Waals surface area contributed by atoms with E-state index in [0.717, 1.165) is 11.1 Å². The van der Waals surface area contributed by atoms with E-state index >= 15 is 0 Å². The largest absolute Gasteiger partial charge is 0.508 e. The van der Waals surface area contributed by atoms with Crippen LogP contribution < -0.4 is 0 Å². The minimum atomic E-state index is -0.491. The maximum absolute atomic E-state index is 9.85. The van der Waals surface area contributed by atoms with E-state index in [9.17, 15) is 10.2 Å². The molecule has 138 valence electrons. The second kappa shape index (κ2) is 6.58. The number of hydrogen-bond donors (Lipinski definition) is 2. The predicted molar refractivity (Wildman–Crippen MR) is 114 cm³/mol. The standard InChI is InChI=1S/C25H18O2.CH4/c26-19-13-9-17(10-14-19)25(18-11-15-20(27)16-12-18)23-7-3-1-5-21(23)22-6-2-4-8-24(22)25;/h1-16,26-27H;1H4. The highest BCUT2D eigenvalue weighted by atomic mass is 16.3. The summed E-state index contributed by atoms with van der Waals surface area (Å²) in [6, 6.07) is 31.9. The zero-order chi connectivity index (χ0) is 18.4. The molecule has 0 saturated carbocycles. The van der Waals surface area contributed by atoms with Crippen molar-refractivity contribution in [3.8, 4) is 22.6 Å². The van der Waals surface area contributed by atoms with Crippen LogP contribution in [0.4, 0.5) is 0 Å². The molecule has 0 bridgehead atoms. The first kappa shape index (κ1) is 17.9. The number of phenolic OH excluding ortho intramolecular Hbond substituents is 2. The lowest BCUT2D eigenvalue weighted by atomic mass is 9.68. The molecule has 0 spiro atoms. The fourth-order valence-corrected chi connectivity index (χ4v) is 4.45. The lowest BCUT2D eigenvalue weighted by Crippen LogP contribution is -2.28. The van der Waals surface area contributed by atoms with E-state index in [-0.39, 0.29) is 18.9 Å². The molecule has 0 amide bonds. The summed E-state index contributed by atoms with van der Waals surface area (Å²) >= 11 is 0. The van der Waals surface area contributed by atoms with Gasteiger partial charge in [-0.25, -0.2) is 0 Å². The molecule has 0 heterocycles. The van der Waals surface area contributed by atoms with Gasteiger partial charge in [0, 0.05) is 0 Å². The highest BCUT2D eigenvalue weighted by Gasteiger charge is 2.45. The first-order valence-corrected chi connectivity index (χ1v) is 8.99. The van der Waals surface area contributed by atoms with Crippen LogP contribution in [0, 0.1) is 0 Å². The van der Waals surface area contributed by atoms with E-state index in [4.69, 9.17) is 0 Å². The molecule has 4 aromatic rings. The topological polar surface area (TPSA) is 40.5 Å². The van der Waals surface area contributed by atoms with Gasteiger partial charge in [-0.15, -0.1) is 0 Å². The Morgan fingerprint density at radius 3 is 1.21 bits per heavy atom. The van der Waals surface area contributed by atoms with Gasteiger partial charge in [-0.2, -0.15) is 0 Å². The van der Waals surface area contributed by atoms with E-state index in [1.165, 1.54) is 22.3 Å². The van der Waals surface area contributed by atoms with Gasteiger partial charge in [-0.05, 0) is 57.6 Å². The smallest absolute Gasteiger partial charge is 0.115 e. The Morgan fingerprint density at radius 1 is 0.464 bits per heavy atom. The zero-order valence-corrected chi connectivity index (χ0v) is 14.6. The average molecular weight is 366 g/mol. The third-order valence-corrected chi connectivity index (χ3v) is 5.55. The monoisotopic (exact) mass is 366 g/mol. The predicted octanol–water partition coefficient (Wildman–Crippen LogP) is 6.10. The van der Waals surface area contributed by atoms with Crippen molar-refractivity contribution in [1.29, 1.82) is 0 Å². The van der Waals surface area contributed by atoms with Gasteiger partial charge < -0.3 is 10.2 Å². The van der Waals surface area contributed by atoms with E-state index in [2.05, 4.69) is 48.5 Å². The van der Waals surface area contributed by atoms with Crippen molar-refractivity contribution >= 4 is 0 Å². The third kappa shape index (κ3) is 2.35. The molecule has 0 saturated heterocycles. The summed E-state index contributed by atoms with van der Waals surface area (Å²) in [4.78, 5) is 0. The van der Waals surface area contributed by atoms with E-state index in [1.807, 2.05) is 24.3 Å². The Morgan fingerprint density at radius 2 is 0.821 bits per heavy atom. The van der Waals surface area contributed by atoms with Crippen molar-refractivity contribution in [3.05, 3.63) is 119 Å². The van der Waals surface area contributed by atoms with E-state index < -0.39 is 5.41 Å². The Kier molecular flexibility index (Phi) is 4.20. The Bertz CT molecular complexity index is 1030. The van der Waals surface area contributed by atoms with Crippen LogP contribution in [-0.2, 0) is 5.41 Å². The molecule has 0 aliphatic heterocycles. The molecule has 1 aliphatic rings. The fraction of sp³-hybridized carbons (Fsp3) is 0.0769. The SMILES string of the molecule is C.Oc1ccc(C2(c3ccc(O)cc3)c3ccccc3-c3ccccc32)cc1. The molecule has 5 rings (SSSR count). The van der Waals surface area contributed by atoms with E-state index in [0.29, 0.717) is 0 Å². The first-order valence-electron chi connectivity index (χ1n) is 8.99. The normalized spacial score (nSPS) is 13.3. The maximum atomic E-state index is 9.85. The summed E-state index contributed by atoms with van der Waals surface area (Å²) in [7, 11) is 0. The number of fused-ring (bicyclic) bond motifs is 3. The zero-order valence-electron chi connectivity index (χ0n) is 14.6. The van der Waals surface area contributed by atoms with Crippen LogP contribution in [0.5, 0.6) is 11.5 Å². The summed E-state index contributed by atoms with van der Waals surface area (Å²) in [6.45, 7) is 0. The maximum Gasteiger partial charge on any atom is 0.115 e. The first-order chi connectivity index (χ1) is 13.2. The average Bonchev–Trinajstić information content (AvgIpc) is 3.01. The van der Waals surface area contributed by atoms with Gasteiger partial charge in [0.2, 0.25) is 0 Å². The van der Waals surface area contributed by atoms with Crippen LogP contribution in [0.25, 0.3) is 11.1 Å². The van der Waals surface area contributed by atoms with Crippen LogP contribution in [-0.4, -0.2) is 10.2 Å². The van der Waals surface area contributed by atoms with Gasteiger partial charge in [0.05, 0.1) is 5.41 Å². The minimum Gasteiger partial charge on any atom is -0.508 e. The van der Waals surface area contributed by atoms with Crippen molar-refractivity contribution in [2.75, 3.05) is 0 Å². The van der Waals surface area contributed by atoms with E-state index in [1.54, 1.807) is 24.3 Å². The lowest BCUT2D eigenvalue weighted by Gasteiger charge is -2.33. The van der Waals surface area contributed by atoms with Crippen molar-refractivity contribution in [2.45, 2.75) is 12.8 Å². The second-order valence-corrected chi connectivity index (χ2v) is 6.93. The second-order valence-electron chi connectivity index (χ2n) is 6.93. The van der Waals surface area contributed by atoms with Crippen molar-refractivity contribution < 1.29 is 10.2 Å². The molecule has 0 aromatic heterocycles. The molecule has 0 fully saturated rings. The summed E-state index contributed by atoms with van der Waals surface area (Å²) < 4.78 is 0. The summed E-state index contributed by atoms with van der Waals surface area (Å²) in [5, 5.41) is 19.7. The summed E-state index contributed by atoms with van der Waals surface area (Å²) in [5.74, 6) is 0.498. The summed E-state index contributed by atoms with van der Waals surface area (Å²) in [5.41, 5.74) is 6.54. The van der Waals surface area contributed by atoms with Crippen LogP contribution in [0.2, 0.25) is 0 Å². The van der Waals surface area contributed by atoms with Crippen LogP contribution >= 0.6 is 0 Å². The van der Waals surface area contributed by atoms with Crippen molar-refractivity contribution in [1.82, 2.24) is 0 Å². The number of rotatable bonds is 2. The quantitative estimate of drug-likeness (QED) is 0.396. The van der Waals surface area contributed by atoms with Crippen molar-refractivity contribution in [2.24, 2.45) is 0 Å². The van der Waals surface area contributed by atoms with Crippen LogP contribution in [0.1, 0.15) is 29.7 Å². The Hall–Kier alpha value is -3.52. The third-order valence-electron chi connectivity index (χ3n) is 5.55. The van der Waals surface area contributed by atoms with Gasteiger partial charge in [0.1, 0.15) is 11.5 Å². The molecule has 0 radical (unpaired) electrons. The molecular formula is C26H22O2. The van der Waals surface area contributed by atoms with Crippen LogP contribution in [0.15, 0.2) is 97.1 Å². The Balaban J connectivity index is 0.00000192. The number of phenols is 2. The molecule has 4 aromatic carbocycles. The molecule has 0 atom stereocenters. The number of aromatic hydroxyl groups is 2. The molecule has 2 N–H and O–H groups in total. The van der Waals surface area contributed by atoms with Crippen molar-refractivity contribution in [3.63, 3.8) is 0 Å². The Labute approximate surface area is 165 Å². The van der Waals surface area contributed by atoms with Gasteiger partial charge in [-0.1, -0.05) is 80.2 Å². The van der Waals surface area contributed by atoms with Gasteiger partial charge in [-0.3, -0.25) is 0 Å². The molecule has 28 heavy (non-hydrogen) atoms. The number of benzene rings is 4. The van der Waals surface area contributed by atoms with Gasteiger partial charge in [0.15, 0.2) is 0 Å². The number of hydrogen-bond acceptors (Lipinski definition) is 2. The lowest BCUT2D eigenvalue weighted by molar-refractivity contribution is 0.475. The molecule has 2 nitrogen and oxygen atoms in total. The highest BCUT2D eigenvalue weighted by Crippen LogP contribution is 2.56. The minimum absolute atomic E-state index is 0. The molecule has 0 unspecified atom stereocenters. The summed E-state index contributed by atoms with van der Waals surface area (Å²) in [6.07, 6.45) is 0. The van der Waals surface area contributed by atoms with Gasteiger partial charge in [0.25, 0.3) is 0 Å². The highest BCUT2D eigenvalue weighted by molar-refractivity contribution is 5.86. The van der Waals surface area contributed by atoms with Crippen LogP contribution in [0.3, 0.4) is 0 Å².